The zero-order valence-electron chi connectivity index (χ0n) is 12.8. The summed E-state index contributed by atoms with van der Waals surface area (Å²) < 4.78 is 0. The van der Waals surface area contributed by atoms with Gasteiger partial charge in [0.15, 0.2) is 0 Å². The van der Waals surface area contributed by atoms with Gasteiger partial charge in [0.25, 0.3) is 0 Å². The second-order valence-electron chi connectivity index (χ2n) is 6.50. The second-order valence-corrected chi connectivity index (χ2v) is 6.50. The van der Waals surface area contributed by atoms with Crippen LogP contribution in [0.25, 0.3) is 0 Å². The normalized spacial score (nSPS) is 12.8. The Kier molecular flexibility index (Phi) is 5.90. The lowest BCUT2D eigenvalue weighted by Crippen LogP contribution is -2.31. The van der Waals surface area contributed by atoms with Crippen LogP contribution in [0.2, 0.25) is 0 Å². The van der Waals surface area contributed by atoms with Crippen molar-refractivity contribution in [3.8, 4) is 0 Å². The standard InChI is InChI=1S/C16H24N2O3/c1-16(2,3)10-12(17)9-14(19)18-13-7-5-4-6-11(13)8-15(20)21/h4-7,12H,8-10,17H2,1-3H3,(H,18,19)(H,20,21). The van der Waals surface area contributed by atoms with Gasteiger partial charge >= 0.3 is 5.97 Å². The number of hydrogen-bond acceptors (Lipinski definition) is 3. The Labute approximate surface area is 125 Å². The highest BCUT2D eigenvalue weighted by molar-refractivity contribution is 5.92. The van der Waals surface area contributed by atoms with E-state index in [2.05, 4.69) is 26.1 Å². The lowest BCUT2D eigenvalue weighted by Gasteiger charge is -2.22. The van der Waals surface area contributed by atoms with Crippen LogP contribution in [0.4, 0.5) is 5.69 Å². The molecule has 0 aliphatic carbocycles. The van der Waals surface area contributed by atoms with E-state index in [-0.39, 0.29) is 30.2 Å². The van der Waals surface area contributed by atoms with Crippen LogP contribution in [0.15, 0.2) is 24.3 Å². The molecule has 1 atom stereocenters. The number of carbonyl (C=O) groups is 2. The molecule has 0 bridgehead atoms. The van der Waals surface area contributed by atoms with Crippen LogP contribution >= 0.6 is 0 Å². The number of amides is 1. The molecule has 0 spiro atoms. The van der Waals surface area contributed by atoms with Gasteiger partial charge in [-0.25, -0.2) is 0 Å². The highest BCUT2D eigenvalue weighted by Crippen LogP contribution is 2.22. The summed E-state index contributed by atoms with van der Waals surface area (Å²) in [5, 5.41) is 11.6. The van der Waals surface area contributed by atoms with E-state index in [1.165, 1.54) is 0 Å². The van der Waals surface area contributed by atoms with Gasteiger partial charge in [0, 0.05) is 18.2 Å². The first-order valence-electron chi connectivity index (χ1n) is 7.02. The first-order chi connectivity index (χ1) is 9.67. The van der Waals surface area contributed by atoms with Gasteiger partial charge in [-0.1, -0.05) is 39.0 Å². The molecule has 0 fully saturated rings. The molecular formula is C16H24N2O3. The Morgan fingerprint density at radius 1 is 1.29 bits per heavy atom. The van der Waals surface area contributed by atoms with Gasteiger partial charge in [0.05, 0.1) is 6.42 Å². The minimum absolute atomic E-state index is 0.0703. The van der Waals surface area contributed by atoms with Gasteiger partial charge in [-0.15, -0.1) is 0 Å². The molecule has 1 unspecified atom stereocenters. The fraction of sp³-hybridized carbons (Fsp3) is 0.500. The number of carbonyl (C=O) groups excluding carboxylic acids is 1. The van der Waals surface area contributed by atoms with Crippen LogP contribution in [-0.4, -0.2) is 23.0 Å². The lowest BCUT2D eigenvalue weighted by molar-refractivity contribution is -0.136. The van der Waals surface area contributed by atoms with E-state index in [9.17, 15) is 9.59 Å². The summed E-state index contributed by atoms with van der Waals surface area (Å²) in [5.74, 6) is -1.12. The van der Waals surface area contributed by atoms with Crippen LogP contribution in [-0.2, 0) is 16.0 Å². The quantitative estimate of drug-likeness (QED) is 0.750. The maximum Gasteiger partial charge on any atom is 0.307 e. The highest BCUT2D eigenvalue weighted by atomic mass is 16.4. The maximum atomic E-state index is 12.0. The van der Waals surface area contributed by atoms with Gasteiger partial charge in [0.2, 0.25) is 5.91 Å². The molecule has 1 rings (SSSR count). The fourth-order valence-corrected chi connectivity index (χ4v) is 2.26. The fourth-order valence-electron chi connectivity index (χ4n) is 2.26. The first-order valence-corrected chi connectivity index (χ1v) is 7.02. The first kappa shape index (κ1) is 17.2. The van der Waals surface area contributed by atoms with E-state index >= 15 is 0 Å². The number of aliphatic carboxylic acids is 1. The molecule has 5 heteroatoms. The Balaban J connectivity index is 2.65. The molecule has 0 radical (unpaired) electrons. The molecule has 116 valence electrons. The molecule has 0 aliphatic heterocycles. The number of anilines is 1. The van der Waals surface area contributed by atoms with Crippen LogP contribution in [0.5, 0.6) is 0 Å². The van der Waals surface area contributed by atoms with Crippen molar-refractivity contribution >= 4 is 17.6 Å². The molecule has 0 aromatic heterocycles. The number of hydrogen-bond donors (Lipinski definition) is 3. The van der Waals surface area contributed by atoms with Crippen molar-refractivity contribution in [3.05, 3.63) is 29.8 Å². The molecular weight excluding hydrogens is 268 g/mol. The Morgan fingerprint density at radius 2 is 1.90 bits per heavy atom. The number of nitrogens with two attached hydrogens (primary N) is 1. The summed E-state index contributed by atoms with van der Waals surface area (Å²) in [6, 6.07) is 6.69. The predicted molar refractivity (Wildman–Crippen MR) is 83.1 cm³/mol. The summed E-state index contributed by atoms with van der Waals surface area (Å²) in [6.07, 6.45) is 0.848. The van der Waals surface area contributed by atoms with E-state index in [0.29, 0.717) is 11.3 Å². The van der Waals surface area contributed by atoms with E-state index in [4.69, 9.17) is 10.8 Å². The van der Waals surface area contributed by atoms with Gasteiger partial charge in [0.1, 0.15) is 0 Å². The van der Waals surface area contributed by atoms with Crippen LogP contribution in [0.1, 0.15) is 39.2 Å². The van der Waals surface area contributed by atoms with Crippen molar-refractivity contribution in [2.75, 3.05) is 5.32 Å². The molecule has 0 aliphatic rings. The number of benzene rings is 1. The maximum absolute atomic E-state index is 12.0. The zero-order chi connectivity index (χ0) is 16.0. The molecule has 0 saturated carbocycles. The molecule has 4 N–H and O–H groups in total. The van der Waals surface area contributed by atoms with E-state index in [0.717, 1.165) is 6.42 Å². The van der Waals surface area contributed by atoms with E-state index in [1.54, 1.807) is 24.3 Å². The van der Waals surface area contributed by atoms with Crippen molar-refractivity contribution in [1.29, 1.82) is 0 Å². The Hall–Kier alpha value is -1.88. The minimum atomic E-state index is -0.930. The molecule has 1 amide bonds. The number of carboxylic acid groups (broad SMARTS) is 1. The van der Waals surface area contributed by atoms with Crippen molar-refractivity contribution < 1.29 is 14.7 Å². The lowest BCUT2D eigenvalue weighted by atomic mass is 9.87. The Morgan fingerprint density at radius 3 is 2.48 bits per heavy atom. The summed E-state index contributed by atoms with van der Waals surface area (Å²) in [4.78, 5) is 22.8. The average molecular weight is 292 g/mol. The molecule has 1 aromatic rings. The summed E-state index contributed by atoms with van der Waals surface area (Å²) in [5.41, 5.74) is 7.17. The molecule has 0 heterocycles. The predicted octanol–water partition coefficient (Wildman–Crippen LogP) is 2.41. The molecule has 5 nitrogen and oxygen atoms in total. The zero-order valence-corrected chi connectivity index (χ0v) is 12.8. The number of carboxylic acids is 1. The SMILES string of the molecule is CC(C)(C)CC(N)CC(=O)Nc1ccccc1CC(=O)O. The largest absolute Gasteiger partial charge is 0.481 e. The van der Waals surface area contributed by atoms with E-state index in [1.807, 2.05) is 0 Å². The third-order valence-corrected chi connectivity index (χ3v) is 2.96. The van der Waals surface area contributed by atoms with Crippen molar-refractivity contribution in [2.24, 2.45) is 11.1 Å². The molecule has 1 aromatic carbocycles. The van der Waals surface area contributed by atoms with Crippen molar-refractivity contribution in [2.45, 2.75) is 46.1 Å². The average Bonchev–Trinajstić information content (AvgIpc) is 2.28. The van der Waals surface area contributed by atoms with Crippen molar-refractivity contribution in [3.63, 3.8) is 0 Å². The molecule has 0 saturated heterocycles. The van der Waals surface area contributed by atoms with Crippen molar-refractivity contribution in [1.82, 2.24) is 0 Å². The van der Waals surface area contributed by atoms with Gasteiger partial charge in [-0.2, -0.15) is 0 Å². The number of nitrogens with one attached hydrogen (secondary N) is 1. The number of rotatable bonds is 6. The van der Waals surface area contributed by atoms with Gasteiger partial charge < -0.3 is 16.2 Å². The summed E-state index contributed by atoms with van der Waals surface area (Å²) in [7, 11) is 0. The topological polar surface area (TPSA) is 92.4 Å². The van der Waals surface area contributed by atoms with E-state index < -0.39 is 5.97 Å². The highest BCUT2D eigenvalue weighted by Gasteiger charge is 2.18. The summed E-state index contributed by atoms with van der Waals surface area (Å²) in [6.45, 7) is 6.23. The third kappa shape index (κ3) is 6.90. The second kappa shape index (κ2) is 7.22. The number of para-hydroxylation sites is 1. The van der Waals surface area contributed by atoms with Gasteiger partial charge in [-0.05, 0) is 23.5 Å². The van der Waals surface area contributed by atoms with Crippen LogP contribution < -0.4 is 11.1 Å². The monoisotopic (exact) mass is 292 g/mol. The summed E-state index contributed by atoms with van der Waals surface area (Å²) >= 11 is 0. The Bertz CT molecular complexity index is 506. The minimum Gasteiger partial charge on any atom is -0.481 e. The van der Waals surface area contributed by atoms with Gasteiger partial charge in [-0.3, -0.25) is 9.59 Å². The third-order valence-electron chi connectivity index (χ3n) is 2.96. The van der Waals surface area contributed by atoms with Crippen LogP contribution in [0, 0.1) is 5.41 Å². The molecule has 21 heavy (non-hydrogen) atoms. The smallest absolute Gasteiger partial charge is 0.307 e. The van der Waals surface area contributed by atoms with Crippen LogP contribution in [0.3, 0.4) is 0 Å².